The lowest BCUT2D eigenvalue weighted by Crippen LogP contribution is -2.23. The Hall–Kier alpha value is -1.72. The molecule has 0 aliphatic carbocycles. The fourth-order valence-corrected chi connectivity index (χ4v) is 2.87. The van der Waals surface area contributed by atoms with Gasteiger partial charge in [0.25, 0.3) is 5.89 Å². The Morgan fingerprint density at radius 1 is 1.25 bits per heavy atom. The first kappa shape index (κ1) is 12.1. The molecule has 4 rings (SSSR count). The van der Waals surface area contributed by atoms with Crippen molar-refractivity contribution < 1.29 is 9.26 Å². The SMILES string of the molecule is c1cc2c(cc1-c1nc(C3CCOC3)no1)CNCC2. The summed E-state index contributed by atoms with van der Waals surface area (Å²) in [5.74, 6) is 1.67. The van der Waals surface area contributed by atoms with Crippen LogP contribution in [0.4, 0.5) is 0 Å². The molecule has 0 bridgehead atoms. The quantitative estimate of drug-likeness (QED) is 0.903. The largest absolute Gasteiger partial charge is 0.381 e. The molecule has 0 saturated carbocycles. The number of aromatic nitrogens is 2. The lowest BCUT2D eigenvalue weighted by atomic mass is 9.98. The number of fused-ring (bicyclic) bond motifs is 1. The fraction of sp³-hybridized carbons (Fsp3) is 0.467. The minimum atomic E-state index is 0.284. The number of ether oxygens (including phenoxy) is 1. The Morgan fingerprint density at radius 3 is 3.15 bits per heavy atom. The highest BCUT2D eigenvalue weighted by Gasteiger charge is 2.23. The summed E-state index contributed by atoms with van der Waals surface area (Å²) in [6, 6.07) is 6.41. The summed E-state index contributed by atoms with van der Waals surface area (Å²) in [4.78, 5) is 4.53. The minimum Gasteiger partial charge on any atom is -0.381 e. The molecule has 0 amide bonds. The molecular formula is C15H17N3O2. The Bertz CT molecular complexity index is 617. The van der Waals surface area contributed by atoms with Gasteiger partial charge in [-0.25, -0.2) is 0 Å². The summed E-state index contributed by atoms with van der Waals surface area (Å²) in [6.45, 7) is 3.46. The Kier molecular flexibility index (Phi) is 3.01. The maximum atomic E-state index is 5.42. The van der Waals surface area contributed by atoms with Gasteiger partial charge in [0.15, 0.2) is 5.82 Å². The van der Waals surface area contributed by atoms with Crippen molar-refractivity contribution in [2.75, 3.05) is 19.8 Å². The number of hydrogen-bond donors (Lipinski definition) is 1. The first-order valence-electron chi connectivity index (χ1n) is 7.14. The predicted octanol–water partition coefficient (Wildman–Crippen LogP) is 1.89. The second-order valence-electron chi connectivity index (χ2n) is 5.43. The second-order valence-corrected chi connectivity index (χ2v) is 5.43. The molecule has 1 aromatic carbocycles. The van der Waals surface area contributed by atoms with Crippen molar-refractivity contribution in [2.45, 2.75) is 25.3 Å². The molecule has 1 atom stereocenters. The smallest absolute Gasteiger partial charge is 0.257 e. The molecule has 5 nitrogen and oxygen atoms in total. The second kappa shape index (κ2) is 5.00. The summed E-state index contributed by atoms with van der Waals surface area (Å²) in [5, 5.41) is 7.49. The number of benzene rings is 1. The van der Waals surface area contributed by atoms with Gasteiger partial charge in [0.1, 0.15) is 0 Å². The molecule has 3 heterocycles. The van der Waals surface area contributed by atoms with Crippen molar-refractivity contribution in [1.29, 1.82) is 0 Å². The van der Waals surface area contributed by atoms with Crippen molar-refractivity contribution in [3.05, 3.63) is 35.2 Å². The molecule has 1 N–H and O–H groups in total. The summed E-state index contributed by atoms with van der Waals surface area (Å²) < 4.78 is 10.8. The Balaban J connectivity index is 1.63. The van der Waals surface area contributed by atoms with E-state index in [1.807, 2.05) is 0 Å². The molecule has 20 heavy (non-hydrogen) atoms. The molecule has 5 heteroatoms. The van der Waals surface area contributed by atoms with Gasteiger partial charge in [-0.15, -0.1) is 0 Å². The van der Waals surface area contributed by atoms with Gasteiger partial charge in [-0.05, 0) is 42.6 Å². The highest BCUT2D eigenvalue weighted by molar-refractivity contribution is 5.56. The molecular weight excluding hydrogens is 254 g/mol. The molecule has 1 fully saturated rings. The summed E-state index contributed by atoms with van der Waals surface area (Å²) in [6.07, 6.45) is 2.07. The van der Waals surface area contributed by atoms with Crippen molar-refractivity contribution in [3.63, 3.8) is 0 Å². The van der Waals surface area contributed by atoms with Crippen LogP contribution in [0.15, 0.2) is 22.7 Å². The van der Waals surface area contributed by atoms with Crippen molar-refractivity contribution in [2.24, 2.45) is 0 Å². The van der Waals surface area contributed by atoms with Gasteiger partial charge >= 0.3 is 0 Å². The molecule has 104 valence electrons. The predicted molar refractivity (Wildman–Crippen MR) is 73.3 cm³/mol. The molecule has 2 aromatic rings. The third-order valence-corrected chi connectivity index (χ3v) is 4.08. The van der Waals surface area contributed by atoms with Gasteiger partial charge in [-0.1, -0.05) is 11.2 Å². The molecule has 0 radical (unpaired) electrons. The van der Waals surface area contributed by atoms with E-state index >= 15 is 0 Å². The van der Waals surface area contributed by atoms with Crippen molar-refractivity contribution in [3.8, 4) is 11.5 Å². The van der Waals surface area contributed by atoms with Crippen LogP contribution < -0.4 is 5.32 Å². The molecule has 1 aromatic heterocycles. The van der Waals surface area contributed by atoms with Gasteiger partial charge in [0, 0.05) is 24.6 Å². The first-order valence-corrected chi connectivity index (χ1v) is 7.14. The van der Waals surface area contributed by atoms with Crippen LogP contribution in [0.3, 0.4) is 0 Å². The number of nitrogens with one attached hydrogen (secondary N) is 1. The van der Waals surface area contributed by atoms with Crippen molar-refractivity contribution >= 4 is 0 Å². The third kappa shape index (κ3) is 2.13. The average molecular weight is 271 g/mol. The van der Waals surface area contributed by atoms with Crippen LogP contribution in [0.2, 0.25) is 0 Å². The van der Waals surface area contributed by atoms with E-state index in [9.17, 15) is 0 Å². The van der Waals surface area contributed by atoms with E-state index in [-0.39, 0.29) is 5.92 Å². The maximum Gasteiger partial charge on any atom is 0.257 e. The highest BCUT2D eigenvalue weighted by Crippen LogP contribution is 2.27. The van der Waals surface area contributed by atoms with E-state index in [4.69, 9.17) is 9.26 Å². The molecule has 1 saturated heterocycles. The van der Waals surface area contributed by atoms with E-state index in [0.717, 1.165) is 43.9 Å². The van der Waals surface area contributed by atoms with Gasteiger partial charge in [0.2, 0.25) is 0 Å². The average Bonchev–Trinajstić information content (AvgIpc) is 3.17. The highest BCUT2D eigenvalue weighted by atomic mass is 16.5. The van der Waals surface area contributed by atoms with E-state index in [1.165, 1.54) is 11.1 Å². The van der Waals surface area contributed by atoms with E-state index in [0.29, 0.717) is 12.5 Å². The number of hydrogen-bond acceptors (Lipinski definition) is 5. The Labute approximate surface area is 117 Å². The molecule has 1 unspecified atom stereocenters. The zero-order valence-corrected chi connectivity index (χ0v) is 11.3. The summed E-state index contributed by atoms with van der Waals surface area (Å²) in [7, 11) is 0. The first-order chi connectivity index (χ1) is 9.90. The van der Waals surface area contributed by atoms with Crippen LogP contribution in [0.25, 0.3) is 11.5 Å². The lowest BCUT2D eigenvalue weighted by molar-refractivity contribution is 0.192. The topological polar surface area (TPSA) is 60.2 Å². The maximum absolute atomic E-state index is 5.42. The van der Waals surface area contributed by atoms with E-state index < -0.39 is 0 Å². The van der Waals surface area contributed by atoms with Crippen LogP contribution in [-0.2, 0) is 17.7 Å². The minimum absolute atomic E-state index is 0.284. The lowest BCUT2D eigenvalue weighted by Gasteiger charge is -2.17. The van der Waals surface area contributed by atoms with Crippen LogP contribution in [0, 0.1) is 0 Å². The van der Waals surface area contributed by atoms with Crippen LogP contribution in [-0.4, -0.2) is 29.9 Å². The van der Waals surface area contributed by atoms with Crippen LogP contribution in [0.5, 0.6) is 0 Å². The standard InChI is InChI=1S/C15H17N3O2/c1-2-11(7-13-8-16-5-3-10(1)13)15-17-14(18-20-15)12-4-6-19-9-12/h1-2,7,12,16H,3-6,8-9H2. The van der Waals surface area contributed by atoms with E-state index in [2.05, 4.69) is 33.7 Å². The van der Waals surface area contributed by atoms with Crippen molar-refractivity contribution in [1.82, 2.24) is 15.5 Å². The van der Waals surface area contributed by atoms with E-state index in [1.54, 1.807) is 0 Å². The fourth-order valence-electron chi connectivity index (χ4n) is 2.87. The zero-order valence-electron chi connectivity index (χ0n) is 11.3. The number of nitrogens with zero attached hydrogens (tertiary/aromatic N) is 2. The summed E-state index contributed by atoms with van der Waals surface area (Å²) >= 11 is 0. The molecule has 2 aliphatic rings. The zero-order chi connectivity index (χ0) is 13.4. The van der Waals surface area contributed by atoms with Crippen LogP contribution >= 0.6 is 0 Å². The van der Waals surface area contributed by atoms with Gasteiger partial charge in [-0.3, -0.25) is 0 Å². The van der Waals surface area contributed by atoms with Gasteiger partial charge in [0.05, 0.1) is 6.61 Å². The summed E-state index contributed by atoms with van der Waals surface area (Å²) in [5.41, 5.74) is 3.75. The van der Waals surface area contributed by atoms with Gasteiger partial charge < -0.3 is 14.6 Å². The molecule has 0 spiro atoms. The molecule has 2 aliphatic heterocycles. The number of rotatable bonds is 2. The Morgan fingerprint density at radius 2 is 2.25 bits per heavy atom. The third-order valence-electron chi connectivity index (χ3n) is 4.08. The normalized spacial score (nSPS) is 21.9. The van der Waals surface area contributed by atoms with Gasteiger partial charge in [-0.2, -0.15) is 4.98 Å². The van der Waals surface area contributed by atoms with Crippen LogP contribution in [0.1, 0.15) is 29.3 Å². The monoisotopic (exact) mass is 271 g/mol.